The second-order valence-electron chi connectivity index (χ2n) is 7.52. The van der Waals surface area contributed by atoms with E-state index in [1.807, 2.05) is 6.92 Å². The van der Waals surface area contributed by atoms with Crippen molar-refractivity contribution in [3.05, 3.63) is 48.0 Å². The Hall–Kier alpha value is -3.70. The minimum Gasteiger partial charge on any atom is -0.477 e. The number of amidine groups is 1. The Kier molecular flexibility index (Phi) is 5.68. The van der Waals surface area contributed by atoms with Crippen LogP contribution >= 0.6 is 0 Å². The number of ether oxygens (including phenoxy) is 2. The molecule has 0 fully saturated rings. The molecular weight excluding hydrogens is 446 g/mol. The van der Waals surface area contributed by atoms with Crippen LogP contribution in [0.25, 0.3) is 22.7 Å². The van der Waals surface area contributed by atoms with Crippen molar-refractivity contribution >= 4 is 6.02 Å². The third kappa shape index (κ3) is 4.59. The van der Waals surface area contributed by atoms with E-state index in [-0.39, 0.29) is 11.3 Å². The van der Waals surface area contributed by atoms with Crippen LogP contribution in [0.4, 0.5) is 17.6 Å². The molecule has 2 N–H and O–H groups in total. The first-order valence-electron chi connectivity index (χ1n) is 9.90. The summed E-state index contributed by atoms with van der Waals surface area (Å²) in [7, 11) is 0. The van der Waals surface area contributed by atoms with Gasteiger partial charge in [0.1, 0.15) is 17.2 Å². The van der Waals surface area contributed by atoms with Crippen LogP contribution in [0.3, 0.4) is 0 Å². The van der Waals surface area contributed by atoms with Crippen LogP contribution in [0.2, 0.25) is 0 Å². The van der Waals surface area contributed by atoms with Crippen LogP contribution in [0, 0.1) is 5.82 Å². The van der Waals surface area contributed by atoms with E-state index in [0.29, 0.717) is 29.4 Å². The van der Waals surface area contributed by atoms with Crippen LogP contribution in [0.15, 0.2) is 46.2 Å². The third-order valence-corrected chi connectivity index (χ3v) is 5.09. The molecule has 174 valence electrons. The number of hydrogen-bond donors (Lipinski definition) is 1. The predicted octanol–water partition coefficient (Wildman–Crippen LogP) is 4.22. The molecule has 0 saturated heterocycles. The number of hydrogen-bond acceptors (Lipinski definition) is 8. The van der Waals surface area contributed by atoms with Crippen molar-refractivity contribution in [2.75, 3.05) is 6.61 Å². The average molecular weight is 465 g/mol. The Balaban J connectivity index is 1.66. The number of halogens is 4. The fourth-order valence-corrected chi connectivity index (χ4v) is 3.51. The van der Waals surface area contributed by atoms with Gasteiger partial charge in [-0.05, 0) is 32.0 Å². The van der Waals surface area contributed by atoms with Gasteiger partial charge in [0, 0.05) is 23.6 Å². The van der Waals surface area contributed by atoms with Gasteiger partial charge < -0.3 is 19.7 Å². The highest BCUT2D eigenvalue weighted by molar-refractivity contribution is 5.73. The van der Waals surface area contributed by atoms with Crippen molar-refractivity contribution < 1.29 is 31.6 Å². The number of benzene rings is 1. The number of alkyl halides is 3. The quantitative estimate of drug-likeness (QED) is 0.562. The fourth-order valence-electron chi connectivity index (χ4n) is 3.51. The lowest BCUT2D eigenvalue weighted by atomic mass is 9.84. The first-order valence-corrected chi connectivity index (χ1v) is 9.90. The average Bonchev–Trinajstić information content (AvgIpc) is 3.24. The molecule has 33 heavy (non-hydrogen) atoms. The molecule has 2 aromatic heterocycles. The summed E-state index contributed by atoms with van der Waals surface area (Å²) < 4.78 is 69.8. The van der Waals surface area contributed by atoms with Crippen LogP contribution in [0.1, 0.15) is 25.8 Å². The Morgan fingerprint density at radius 3 is 2.64 bits per heavy atom. The molecule has 0 saturated carbocycles. The Morgan fingerprint density at radius 2 is 1.97 bits per heavy atom. The molecule has 3 heterocycles. The van der Waals surface area contributed by atoms with E-state index in [1.54, 1.807) is 6.07 Å². The molecule has 1 aromatic carbocycles. The summed E-state index contributed by atoms with van der Waals surface area (Å²) in [6.45, 7) is 3.63. The smallest absolute Gasteiger partial charge is 0.425 e. The summed E-state index contributed by atoms with van der Waals surface area (Å²) in [5, 5.41) is 3.95. The van der Waals surface area contributed by atoms with E-state index in [0.717, 1.165) is 6.07 Å². The maximum atomic E-state index is 14.7. The molecule has 0 radical (unpaired) electrons. The van der Waals surface area contributed by atoms with E-state index in [1.165, 1.54) is 31.5 Å². The zero-order valence-corrected chi connectivity index (χ0v) is 17.6. The van der Waals surface area contributed by atoms with Gasteiger partial charge in [0.15, 0.2) is 11.9 Å². The van der Waals surface area contributed by atoms with Gasteiger partial charge in [-0.15, -0.1) is 0 Å². The minimum atomic E-state index is -4.69. The Labute approximate surface area is 185 Å². The highest BCUT2D eigenvalue weighted by Crippen LogP contribution is 2.42. The maximum Gasteiger partial charge on any atom is 0.425 e. The van der Waals surface area contributed by atoms with Gasteiger partial charge in [-0.25, -0.2) is 19.4 Å². The zero-order valence-electron chi connectivity index (χ0n) is 17.6. The van der Waals surface area contributed by atoms with Gasteiger partial charge in [-0.3, -0.25) is 0 Å². The summed E-state index contributed by atoms with van der Waals surface area (Å²) in [5.74, 6) is -0.130. The van der Waals surface area contributed by atoms with E-state index >= 15 is 0 Å². The van der Waals surface area contributed by atoms with Gasteiger partial charge in [0.2, 0.25) is 5.88 Å². The first-order chi connectivity index (χ1) is 15.6. The maximum absolute atomic E-state index is 14.7. The standard InChI is InChI=1S/C21H19F4N5O3/c1-3-31-18-10-27-15(9-28-18)14-7-16(33-30-14)11-4-5-13(22)12(6-11)20(2)8-17(21(23,24)25)32-19(26)29-20/h4-7,9-10,17H,3,8H2,1-2H3,(H2,26,29)/t17-,20-/m0/s1. The van der Waals surface area contributed by atoms with Crippen LogP contribution in [-0.2, 0) is 10.3 Å². The number of rotatable bonds is 5. The van der Waals surface area contributed by atoms with Crippen LogP contribution in [0.5, 0.6) is 5.88 Å². The van der Waals surface area contributed by atoms with E-state index < -0.39 is 36.1 Å². The fraction of sp³-hybridized carbons (Fsp3) is 0.333. The lowest BCUT2D eigenvalue weighted by Gasteiger charge is -2.36. The van der Waals surface area contributed by atoms with Crippen molar-refractivity contribution in [3.63, 3.8) is 0 Å². The van der Waals surface area contributed by atoms with E-state index in [9.17, 15) is 17.6 Å². The molecule has 8 nitrogen and oxygen atoms in total. The lowest BCUT2D eigenvalue weighted by molar-refractivity contribution is -0.208. The summed E-state index contributed by atoms with van der Waals surface area (Å²) in [6, 6.07) is 4.80. The van der Waals surface area contributed by atoms with Crippen molar-refractivity contribution in [3.8, 4) is 28.6 Å². The number of nitrogens with two attached hydrogens (primary N) is 1. The Morgan fingerprint density at radius 1 is 1.18 bits per heavy atom. The number of nitrogens with zero attached hydrogens (tertiary/aromatic N) is 4. The van der Waals surface area contributed by atoms with Crippen molar-refractivity contribution in [2.24, 2.45) is 10.7 Å². The van der Waals surface area contributed by atoms with Crippen molar-refractivity contribution in [2.45, 2.75) is 38.1 Å². The molecule has 2 atom stereocenters. The first kappa shape index (κ1) is 22.5. The summed E-state index contributed by atoms with van der Waals surface area (Å²) >= 11 is 0. The second-order valence-corrected chi connectivity index (χ2v) is 7.52. The van der Waals surface area contributed by atoms with Gasteiger partial charge in [-0.1, -0.05) is 5.16 Å². The van der Waals surface area contributed by atoms with E-state index in [2.05, 4.69) is 24.9 Å². The number of aromatic nitrogens is 3. The topological polar surface area (TPSA) is 109 Å². The summed E-state index contributed by atoms with van der Waals surface area (Å²) in [6.07, 6.45) is -4.64. The normalized spacial score (nSPS) is 20.8. The van der Waals surface area contributed by atoms with Gasteiger partial charge in [-0.2, -0.15) is 13.2 Å². The SMILES string of the molecule is CCOc1cnc(-c2cc(-c3ccc(F)c([C@]4(C)C[C@@H](C(F)(F)F)OC(N)=N4)c3)on2)cn1. The minimum absolute atomic E-state index is 0.0840. The zero-order chi connectivity index (χ0) is 23.8. The third-order valence-electron chi connectivity index (χ3n) is 5.09. The number of aliphatic imine (C=N–C) groups is 1. The molecule has 3 aromatic rings. The molecule has 1 aliphatic rings. The molecule has 12 heteroatoms. The second kappa shape index (κ2) is 8.34. The van der Waals surface area contributed by atoms with Gasteiger partial charge in [0.05, 0.1) is 24.5 Å². The van der Waals surface area contributed by atoms with Crippen LogP contribution < -0.4 is 10.5 Å². The van der Waals surface area contributed by atoms with Gasteiger partial charge in [0.25, 0.3) is 6.02 Å². The highest BCUT2D eigenvalue weighted by Gasteiger charge is 2.50. The summed E-state index contributed by atoms with van der Waals surface area (Å²) in [4.78, 5) is 12.3. The molecule has 4 rings (SSSR count). The van der Waals surface area contributed by atoms with Crippen LogP contribution in [-0.4, -0.2) is 40.0 Å². The summed E-state index contributed by atoms with van der Waals surface area (Å²) in [5.41, 5.74) is 4.96. The Bertz CT molecular complexity index is 1180. The molecule has 0 bridgehead atoms. The van der Waals surface area contributed by atoms with E-state index in [4.69, 9.17) is 15.0 Å². The van der Waals surface area contributed by atoms with Crippen molar-refractivity contribution in [1.82, 2.24) is 15.1 Å². The lowest BCUT2D eigenvalue weighted by Crippen LogP contribution is -2.46. The molecule has 0 spiro atoms. The molecule has 0 aliphatic carbocycles. The molecular formula is C21H19F4N5O3. The van der Waals surface area contributed by atoms with Crippen molar-refractivity contribution in [1.29, 1.82) is 0 Å². The largest absolute Gasteiger partial charge is 0.477 e. The monoisotopic (exact) mass is 465 g/mol. The predicted molar refractivity (Wildman–Crippen MR) is 109 cm³/mol. The highest BCUT2D eigenvalue weighted by atomic mass is 19.4. The van der Waals surface area contributed by atoms with Gasteiger partial charge >= 0.3 is 6.18 Å². The molecule has 0 unspecified atom stereocenters. The molecule has 0 amide bonds. The molecule has 1 aliphatic heterocycles.